The Bertz CT molecular complexity index is 495. The van der Waals surface area contributed by atoms with Crippen LogP contribution in [0.4, 0.5) is 0 Å². The van der Waals surface area contributed by atoms with Crippen molar-refractivity contribution in [2.24, 2.45) is 0 Å². The van der Waals surface area contributed by atoms with E-state index in [0.717, 1.165) is 4.88 Å². The lowest BCUT2D eigenvalue weighted by molar-refractivity contribution is 0.320. The molecule has 2 unspecified atom stereocenters. The molecule has 7 heteroatoms. The van der Waals surface area contributed by atoms with E-state index in [1.165, 1.54) is 11.3 Å². The SMILES string of the molecule is CC(c1nc(-c2cccs2)no1)S(=O)CCO. The minimum Gasteiger partial charge on any atom is -0.395 e. The van der Waals surface area contributed by atoms with E-state index in [-0.39, 0.29) is 17.6 Å². The number of aromatic nitrogens is 2. The molecule has 2 aromatic rings. The van der Waals surface area contributed by atoms with Crippen LogP contribution in [0.1, 0.15) is 18.1 Å². The molecule has 0 amide bonds. The Hall–Kier alpha value is -1.05. The van der Waals surface area contributed by atoms with Crippen molar-refractivity contribution < 1.29 is 13.8 Å². The van der Waals surface area contributed by atoms with Crippen molar-refractivity contribution in [3.63, 3.8) is 0 Å². The fourth-order valence-corrected chi connectivity index (χ4v) is 2.79. The van der Waals surface area contributed by atoms with Crippen molar-refractivity contribution in [2.45, 2.75) is 12.2 Å². The smallest absolute Gasteiger partial charge is 0.242 e. The maximum absolute atomic E-state index is 11.7. The molecule has 5 nitrogen and oxygen atoms in total. The van der Waals surface area contributed by atoms with Gasteiger partial charge in [0.25, 0.3) is 0 Å². The monoisotopic (exact) mass is 272 g/mol. The van der Waals surface area contributed by atoms with Crippen LogP contribution in [0.3, 0.4) is 0 Å². The zero-order valence-electron chi connectivity index (χ0n) is 9.20. The van der Waals surface area contributed by atoms with Crippen LogP contribution in [0, 0.1) is 0 Å². The first-order valence-electron chi connectivity index (χ1n) is 5.08. The Balaban J connectivity index is 2.16. The lowest BCUT2D eigenvalue weighted by Crippen LogP contribution is -2.09. The third-order valence-corrected chi connectivity index (χ3v) is 4.66. The Kier molecular flexibility index (Phi) is 4.03. The minimum absolute atomic E-state index is 0.108. The Labute approximate surface area is 105 Å². The average molecular weight is 272 g/mol. The highest BCUT2D eigenvalue weighted by Crippen LogP contribution is 2.24. The van der Waals surface area contributed by atoms with Crippen molar-refractivity contribution in [1.29, 1.82) is 0 Å². The molecule has 0 fully saturated rings. The summed E-state index contributed by atoms with van der Waals surface area (Å²) in [4.78, 5) is 5.13. The number of nitrogens with zero attached hydrogens (tertiary/aromatic N) is 2. The fraction of sp³-hybridized carbons (Fsp3) is 0.400. The van der Waals surface area contributed by atoms with Gasteiger partial charge in [0.15, 0.2) is 0 Å². The predicted octanol–water partition coefficient (Wildman–Crippen LogP) is 1.60. The van der Waals surface area contributed by atoms with E-state index < -0.39 is 10.8 Å². The van der Waals surface area contributed by atoms with E-state index in [9.17, 15) is 4.21 Å². The highest BCUT2D eigenvalue weighted by Gasteiger charge is 2.20. The van der Waals surface area contributed by atoms with Gasteiger partial charge in [-0.1, -0.05) is 11.2 Å². The lowest BCUT2D eigenvalue weighted by Gasteiger charge is -2.03. The summed E-state index contributed by atoms with van der Waals surface area (Å²) in [7, 11) is -1.19. The summed E-state index contributed by atoms with van der Waals surface area (Å²) in [6.45, 7) is 1.64. The molecule has 0 aliphatic heterocycles. The molecule has 2 heterocycles. The molecule has 0 aliphatic carbocycles. The van der Waals surface area contributed by atoms with Gasteiger partial charge in [0, 0.05) is 16.6 Å². The van der Waals surface area contributed by atoms with Crippen LogP contribution in [0.15, 0.2) is 22.0 Å². The summed E-state index contributed by atoms with van der Waals surface area (Å²) in [6, 6.07) is 3.80. The Morgan fingerprint density at radius 1 is 1.65 bits per heavy atom. The zero-order chi connectivity index (χ0) is 12.3. The minimum atomic E-state index is -1.19. The molecule has 0 aromatic carbocycles. The number of thiophene rings is 1. The van der Waals surface area contributed by atoms with Crippen molar-refractivity contribution in [2.75, 3.05) is 12.4 Å². The van der Waals surface area contributed by atoms with Crippen LogP contribution in [0.5, 0.6) is 0 Å². The summed E-state index contributed by atoms with van der Waals surface area (Å²) in [5.74, 6) is 1.08. The molecular formula is C10H12N2O3S2. The largest absolute Gasteiger partial charge is 0.395 e. The second-order valence-electron chi connectivity index (χ2n) is 3.38. The summed E-state index contributed by atoms with van der Waals surface area (Å²) >= 11 is 1.52. The van der Waals surface area contributed by atoms with Crippen LogP contribution >= 0.6 is 11.3 Å². The van der Waals surface area contributed by atoms with E-state index in [1.807, 2.05) is 17.5 Å². The molecule has 1 N–H and O–H groups in total. The van der Waals surface area contributed by atoms with Crippen LogP contribution in [-0.2, 0) is 10.8 Å². The number of aliphatic hydroxyl groups excluding tert-OH is 1. The highest BCUT2D eigenvalue weighted by molar-refractivity contribution is 7.85. The van der Waals surface area contributed by atoms with Crippen molar-refractivity contribution >= 4 is 22.1 Å². The number of hydrogen-bond acceptors (Lipinski definition) is 6. The molecule has 0 spiro atoms. The van der Waals surface area contributed by atoms with Crippen molar-refractivity contribution in [1.82, 2.24) is 10.1 Å². The third-order valence-electron chi connectivity index (χ3n) is 2.22. The standard InChI is InChI=1S/C10H12N2O3S2/c1-7(17(14)6-4-13)10-11-9(12-15-10)8-3-2-5-16-8/h2-3,5,7,13H,4,6H2,1H3. The molecule has 17 heavy (non-hydrogen) atoms. The van der Waals surface area contributed by atoms with Gasteiger partial charge in [-0.25, -0.2) is 0 Å². The highest BCUT2D eigenvalue weighted by atomic mass is 32.2. The van der Waals surface area contributed by atoms with Crippen LogP contribution in [0.25, 0.3) is 10.7 Å². The second kappa shape index (κ2) is 5.52. The zero-order valence-corrected chi connectivity index (χ0v) is 10.8. The van der Waals surface area contributed by atoms with E-state index in [4.69, 9.17) is 9.63 Å². The molecular weight excluding hydrogens is 260 g/mol. The summed E-state index contributed by atoms with van der Waals surface area (Å²) in [5.41, 5.74) is 0. The second-order valence-corrected chi connectivity index (χ2v) is 6.21. The molecule has 92 valence electrons. The number of aliphatic hydroxyl groups is 1. The first kappa shape index (κ1) is 12.4. The van der Waals surface area contributed by atoms with Crippen LogP contribution < -0.4 is 0 Å². The molecule has 0 radical (unpaired) electrons. The molecule has 0 saturated heterocycles. The quantitative estimate of drug-likeness (QED) is 0.894. The number of hydrogen-bond donors (Lipinski definition) is 1. The molecule has 0 aliphatic rings. The van der Waals surface area contributed by atoms with Gasteiger partial charge in [-0.05, 0) is 18.4 Å². The lowest BCUT2D eigenvalue weighted by atomic mass is 10.4. The topological polar surface area (TPSA) is 76.2 Å². The van der Waals surface area contributed by atoms with Gasteiger partial charge in [0.05, 0.1) is 11.5 Å². The number of rotatable bonds is 5. The Morgan fingerprint density at radius 3 is 3.12 bits per heavy atom. The van der Waals surface area contributed by atoms with Crippen LogP contribution in [-0.4, -0.2) is 31.8 Å². The Morgan fingerprint density at radius 2 is 2.47 bits per heavy atom. The first-order valence-corrected chi connectivity index (χ1v) is 7.34. The third kappa shape index (κ3) is 2.80. The van der Waals surface area contributed by atoms with Gasteiger partial charge in [0.1, 0.15) is 5.25 Å². The van der Waals surface area contributed by atoms with Crippen molar-refractivity contribution in [3.8, 4) is 10.7 Å². The maximum Gasteiger partial charge on any atom is 0.242 e. The van der Waals surface area contributed by atoms with Crippen molar-refractivity contribution in [3.05, 3.63) is 23.4 Å². The van der Waals surface area contributed by atoms with Gasteiger partial charge in [0.2, 0.25) is 11.7 Å². The van der Waals surface area contributed by atoms with Gasteiger partial charge < -0.3 is 9.63 Å². The average Bonchev–Trinajstić information content (AvgIpc) is 2.98. The van der Waals surface area contributed by atoms with Gasteiger partial charge >= 0.3 is 0 Å². The normalized spacial score (nSPS) is 14.7. The maximum atomic E-state index is 11.7. The fourth-order valence-electron chi connectivity index (χ4n) is 1.29. The first-order chi connectivity index (χ1) is 8.22. The summed E-state index contributed by atoms with van der Waals surface area (Å²) < 4.78 is 16.8. The molecule has 2 atom stereocenters. The molecule has 2 rings (SSSR count). The van der Waals surface area contributed by atoms with Gasteiger partial charge in [-0.2, -0.15) is 4.98 Å². The molecule has 0 bridgehead atoms. The van der Waals surface area contributed by atoms with Crippen LogP contribution in [0.2, 0.25) is 0 Å². The van der Waals surface area contributed by atoms with Gasteiger partial charge in [-0.15, -0.1) is 11.3 Å². The van der Waals surface area contributed by atoms with E-state index >= 15 is 0 Å². The molecule has 2 aromatic heterocycles. The van der Waals surface area contributed by atoms with E-state index in [0.29, 0.717) is 11.7 Å². The predicted molar refractivity (Wildman–Crippen MR) is 66.1 cm³/mol. The van der Waals surface area contributed by atoms with E-state index in [1.54, 1.807) is 6.92 Å². The van der Waals surface area contributed by atoms with E-state index in [2.05, 4.69) is 10.1 Å². The molecule has 0 saturated carbocycles. The van der Waals surface area contributed by atoms with Gasteiger partial charge in [-0.3, -0.25) is 4.21 Å². The summed E-state index contributed by atoms with van der Waals surface area (Å²) in [6.07, 6.45) is 0. The summed E-state index contributed by atoms with van der Waals surface area (Å²) in [5, 5.41) is 14.2.